The molecule has 0 atom stereocenters. The van der Waals surface area contributed by atoms with E-state index in [0.29, 0.717) is 10.9 Å². The first-order valence-corrected chi connectivity index (χ1v) is 9.21. The van der Waals surface area contributed by atoms with Gasteiger partial charge in [-0.3, -0.25) is 0 Å². The number of hydrogen-bond donors (Lipinski definition) is 0. The first kappa shape index (κ1) is 17.7. The zero-order valence-electron chi connectivity index (χ0n) is 14.8. The Balaban J connectivity index is 1.73. The highest BCUT2D eigenvalue weighted by atomic mass is 35.5. The van der Waals surface area contributed by atoms with Crippen LogP contribution in [0.4, 0.5) is 8.78 Å². The van der Waals surface area contributed by atoms with E-state index in [2.05, 4.69) is 6.92 Å². The van der Waals surface area contributed by atoms with Crippen LogP contribution in [-0.2, 0) is 6.42 Å². The fourth-order valence-corrected chi connectivity index (χ4v) is 3.42. The molecule has 0 aliphatic carbocycles. The first-order chi connectivity index (χ1) is 13.1. The van der Waals surface area contributed by atoms with Gasteiger partial charge >= 0.3 is 0 Å². The van der Waals surface area contributed by atoms with Crippen molar-refractivity contribution in [2.45, 2.75) is 13.3 Å². The van der Waals surface area contributed by atoms with Crippen molar-refractivity contribution < 1.29 is 8.78 Å². The minimum atomic E-state index is -0.453. The SMILES string of the molecule is CCc1ccc2c(F)c(-c3ccc(-c4ccc(Cl)c(F)c4)cc3)ccc2c1. The average Bonchev–Trinajstić information content (AvgIpc) is 2.70. The summed E-state index contributed by atoms with van der Waals surface area (Å²) < 4.78 is 28.7. The van der Waals surface area contributed by atoms with Gasteiger partial charge in [-0.05, 0) is 46.2 Å². The van der Waals surface area contributed by atoms with E-state index >= 15 is 4.39 Å². The molecule has 0 aliphatic heterocycles. The molecule has 4 aromatic rings. The molecule has 4 rings (SSSR count). The van der Waals surface area contributed by atoms with E-state index in [1.807, 2.05) is 54.6 Å². The van der Waals surface area contributed by atoms with E-state index in [4.69, 9.17) is 11.6 Å². The molecule has 0 aromatic heterocycles. The Bertz CT molecular complexity index is 1130. The fraction of sp³-hybridized carbons (Fsp3) is 0.0833. The Labute approximate surface area is 162 Å². The minimum Gasteiger partial charge on any atom is -0.206 e. The summed E-state index contributed by atoms with van der Waals surface area (Å²) in [4.78, 5) is 0. The molecule has 0 heterocycles. The number of aryl methyl sites for hydroxylation is 1. The molecule has 0 N–H and O–H groups in total. The lowest BCUT2D eigenvalue weighted by molar-refractivity contribution is 0.629. The minimum absolute atomic E-state index is 0.0971. The summed E-state index contributed by atoms with van der Waals surface area (Å²) in [6.07, 6.45) is 0.923. The molecule has 0 nitrogen and oxygen atoms in total. The molecule has 0 amide bonds. The Hall–Kier alpha value is -2.71. The molecule has 27 heavy (non-hydrogen) atoms. The van der Waals surface area contributed by atoms with Crippen LogP contribution < -0.4 is 0 Å². The zero-order chi connectivity index (χ0) is 19.0. The summed E-state index contributed by atoms with van der Waals surface area (Å²) in [6, 6.07) is 21.7. The average molecular weight is 379 g/mol. The number of rotatable bonds is 3. The topological polar surface area (TPSA) is 0 Å². The van der Waals surface area contributed by atoms with Crippen LogP contribution in [0.5, 0.6) is 0 Å². The first-order valence-electron chi connectivity index (χ1n) is 8.84. The molecule has 0 radical (unpaired) electrons. The molecule has 0 unspecified atom stereocenters. The van der Waals surface area contributed by atoms with Crippen LogP contribution in [0.2, 0.25) is 5.02 Å². The van der Waals surface area contributed by atoms with E-state index in [0.717, 1.165) is 28.5 Å². The van der Waals surface area contributed by atoms with Crippen molar-refractivity contribution in [3.05, 3.63) is 95.0 Å². The lowest BCUT2D eigenvalue weighted by atomic mass is 9.96. The molecular formula is C24H17ClF2. The highest BCUT2D eigenvalue weighted by Gasteiger charge is 2.10. The molecule has 0 saturated carbocycles. The van der Waals surface area contributed by atoms with Crippen LogP contribution in [-0.4, -0.2) is 0 Å². The van der Waals surface area contributed by atoms with Gasteiger partial charge < -0.3 is 0 Å². The molecule has 134 valence electrons. The summed E-state index contributed by atoms with van der Waals surface area (Å²) in [5.41, 5.74) is 4.11. The van der Waals surface area contributed by atoms with Gasteiger partial charge in [0, 0.05) is 10.9 Å². The van der Waals surface area contributed by atoms with Gasteiger partial charge in [-0.15, -0.1) is 0 Å². The van der Waals surface area contributed by atoms with Gasteiger partial charge in [-0.1, -0.05) is 79.2 Å². The number of fused-ring (bicyclic) bond motifs is 1. The highest BCUT2D eigenvalue weighted by molar-refractivity contribution is 6.30. The Morgan fingerprint density at radius 2 is 1.44 bits per heavy atom. The van der Waals surface area contributed by atoms with Gasteiger partial charge in [0.25, 0.3) is 0 Å². The van der Waals surface area contributed by atoms with E-state index < -0.39 is 5.82 Å². The van der Waals surface area contributed by atoms with Crippen molar-refractivity contribution in [1.29, 1.82) is 0 Å². The van der Waals surface area contributed by atoms with Crippen LogP contribution in [0, 0.1) is 11.6 Å². The second-order valence-corrected chi connectivity index (χ2v) is 6.95. The van der Waals surface area contributed by atoms with Crippen molar-refractivity contribution in [3.8, 4) is 22.3 Å². The van der Waals surface area contributed by atoms with Gasteiger partial charge in [-0.25, -0.2) is 8.78 Å². The molecule has 0 saturated heterocycles. The Morgan fingerprint density at radius 1 is 0.741 bits per heavy atom. The molecule has 3 heteroatoms. The van der Waals surface area contributed by atoms with Crippen molar-refractivity contribution in [1.82, 2.24) is 0 Å². The summed E-state index contributed by atoms with van der Waals surface area (Å²) in [7, 11) is 0. The maximum Gasteiger partial charge on any atom is 0.142 e. The lowest BCUT2D eigenvalue weighted by Crippen LogP contribution is -1.89. The van der Waals surface area contributed by atoms with Crippen LogP contribution in [0.1, 0.15) is 12.5 Å². The van der Waals surface area contributed by atoms with Crippen molar-refractivity contribution in [3.63, 3.8) is 0 Å². The zero-order valence-corrected chi connectivity index (χ0v) is 15.5. The second-order valence-electron chi connectivity index (χ2n) is 6.54. The molecule has 4 aromatic carbocycles. The maximum atomic E-state index is 15.0. The molecule has 0 fully saturated rings. The van der Waals surface area contributed by atoms with E-state index in [9.17, 15) is 4.39 Å². The van der Waals surface area contributed by atoms with Crippen molar-refractivity contribution >= 4 is 22.4 Å². The lowest BCUT2D eigenvalue weighted by Gasteiger charge is -2.09. The van der Waals surface area contributed by atoms with Crippen molar-refractivity contribution in [2.75, 3.05) is 0 Å². The number of hydrogen-bond acceptors (Lipinski definition) is 0. The van der Waals surface area contributed by atoms with Gasteiger partial charge in [0.15, 0.2) is 0 Å². The molecule has 0 bridgehead atoms. The van der Waals surface area contributed by atoms with Crippen molar-refractivity contribution in [2.24, 2.45) is 0 Å². The Kier molecular flexibility index (Phi) is 4.67. The van der Waals surface area contributed by atoms with E-state index in [1.54, 1.807) is 6.07 Å². The van der Waals surface area contributed by atoms with Gasteiger partial charge in [0.05, 0.1) is 5.02 Å². The summed E-state index contributed by atoms with van der Waals surface area (Å²) in [5, 5.41) is 1.62. The standard InChI is InChI=1S/C24H17ClF2/c1-2-15-3-10-21-19(13-15)8-11-20(24(21)27)17-6-4-16(5-7-17)18-9-12-22(25)23(26)14-18/h3-14H,2H2,1H3. The summed E-state index contributed by atoms with van der Waals surface area (Å²) >= 11 is 5.74. The predicted molar refractivity (Wildman–Crippen MR) is 109 cm³/mol. The quantitative estimate of drug-likeness (QED) is 0.343. The van der Waals surface area contributed by atoms with E-state index in [-0.39, 0.29) is 10.8 Å². The van der Waals surface area contributed by atoms with Crippen LogP contribution in [0.3, 0.4) is 0 Å². The van der Waals surface area contributed by atoms with Gasteiger partial charge in [0.1, 0.15) is 11.6 Å². The third-order valence-corrected chi connectivity index (χ3v) is 5.18. The molecule has 0 aliphatic rings. The largest absolute Gasteiger partial charge is 0.206 e. The van der Waals surface area contributed by atoms with Gasteiger partial charge in [0.2, 0.25) is 0 Å². The monoisotopic (exact) mass is 378 g/mol. The molecule has 0 spiro atoms. The summed E-state index contributed by atoms with van der Waals surface area (Å²) in [5.74, 6) is -0.675. The highest BCUT2D eigenvalue weighted by Crippen LogP contribution is 2.32. The normalized spacial score (nSPS) is 11.1. The van der Waals surface area contributed by atoms with E-state index in [1.165, 1.54) is 17.7 Å². The maximum absolute atomic E-state index is 15.0. The predicted octanol–water partition coefficient (Wildman–Crippen LogP) is 7.67. The molecular weight excluding hydrogens is 362 g/mol. The number of halogens is 3. The van der Waals surface area contributed by atoms with Gasteiger partial charge in [-0.2, -0.15) is 0 Å². The van der Waals surface area contributed by atoms with Crippen LogP contribution in [0.25, 0.3) is 33.0 Å². The Morgan fingerprint density at radius 3 is 2.15 bits per heavy atom. The second kappa shape index (κ2) is 7.13. The fourth-order valence-electron chi connectivity index (χ4n) is 3.30. The number of benzene rings is 4. The third kappa shape index (κ3) is 3.33. The summed E-state index contributed by atoms with van der Waals surface area (Å²) in [6.45, 7) is 2.08. The third-order valence-electron chi connectivity index (χ3n) is 4.88. The van der Waals surface area contributed by atoms with Crippen LogP contribution in [0.15, 0.2) is 72.8 Å². The van der Waals surface area contributed by atoms with Crippen LogP contribution >= 0.6 is 11.6 Å². The smallest absolute Gasteiger partial charge is 0.142 e.